The Morgan fingerprint density at radius 3 is 2.47 bits per heavy atom. The van der Waals surface area contributed by atoms with Crippen LogP contribution in [0.3, 0.4) is 0 Å². The van der Waals surface area contributed by atoms with Crippen LogP contribution >= 0.6 is 0 Å². The second-order valence-corrected chi connectivity index (χ2v) is 3.39. The highest BCUT2D eigenvalue weighted by atomic mass is 19.4. The number of phenols is 1. The van der Waals surface area contributed by atoms with Gasteiger partial charge in [-0.2, -0.15) is 13.2 Å². The number of carbonyl (C=O) groups is 1. The molecular formula is C10H11F3N2O2. The Bertz CT molecular complexity index is 407. The molecule has 0 radical (unpaired) electrons. The van der Waals surface area contributed by atoms with Gasteiger partial charge in [0.25, 0.3) is 0 Å². The molecule has 0 saturated heterocycles. The topological polar surface area (TPSA) is 75.4 Å². The van der Waals surface area contributed by atoms with Gasteiger partial charge in [0.15, 0.2) is 0 Å². The number of alkyl halides is 3. The number of amides is 1. The summed E-state index contributed by atoms with van der Waals surface area (Å²) in [5, 5.41) is 11.4. The van der Waals surface area contributed by atoms with Crippen molar-refractivity contribution in [1.29, 1.82) is 0 Å². The maximum atomic E-state index is 12.0. The highest BCUT2D eigenvalue weighted by Gasteiger charge is 2.30. The summed E-state index contributed by atoms with van der Waals surface area (Å²) in [7, 11) is 0. The van der Waals surface area contributed by atoms with Gasteiger partial charge in [0.2, 0.25) is 5.91 Å². The van der Waals surface area contributed by atoms with Gasteiger partial charge in [-0.15, -0.1) is 0 Å². The standard InChI is InChI=1S/C10H11F3N2O2/c11-10(12,13)5-15-8(9(14)17)6-3-1-2-4-7(6)16/h1-4,8,15-16H,5H2,(H2,14,17). The van der Waals surface area contributed by atoms with Gasteiger partial charge in [0.1, 0.15) is 11.8 Å². The van der Waals surface area contributed by atoms with E-state index in [4.69, 9.17) is 5.73 Å². The molecule has 0 aromatic heterocycles. The average molecular weight is 248 g/mol. The van der Waals surface area contributed by atoms with Crippen molar-refractivity contribution in [2.24, 2.45) is 5.73 Å². The molecule has 0 bridgehead atoms. The number of carbonyl (C=O) groups excluding carboxylic acids is 1. The van der Waals surface area contributed by atoms with Crippen molar-refractivity contribution in [2.45, 2.75) is 12.2 Å². The molecule has 4 N–H and O–H groups in total. The molecule has 0 fully saturated rings. The molecule has 0 aliphatic carbocycles. The second-order valence-electron chi connectivity index (χ2n) is 3.39. The summed E-state index contributed by atoms with van der Waals surface area (Å²) in [6.45, 7) is -1.37. The maximum absolute atomic E-state index is 12.0. The molecule has 7 heteroatoms. The van der Waals surface area contributed by atoms with Crippen LogP contribution in [0.2, 0.25) is 0 Å². The fraction of sp³-hybridized carbons (Fsp3) is 0.300. The summed E-state index contributed by atoms with van der Waals surface area (Å²) < 4.78 is 36.1. The zero-order valence-electron chi connectivity index (χ0n) is 8.66. The van der Waals surface area contributed by atoms with Crippen LogP contribution in [0.1, 0.15) is 11.6 Å². The largest absolute Gasteiger partial charge is 0.508 e. The van der Waals surface area contributed by atoms with Crippen LogP contribution in [-0.4, -0.2) is 23.7 Å². The molecule has 0 aliphatic heterocycles. The maximum Gasteiger partial charge on any atom is 0.401 e. The van der Waals surface area contributed by atoms with Gasteiger partial charge in [-0.05, 0) is 6.07 Å². The molecule has 0 heterocycles. The Morgan fingerprint density at radius 2 is 2.00 bits per heavy atom. The SMILES string of the molecule is NC(=O)C(NCC(F)(F)F)c1ccccc1O. The van der Waals surface area contributed by atoms with Crippen molar-refractivity contribution < 1.29 is 23.1 Å². The first-order chi connectivity index (χ1) is 7.81. The lowest BCUT2D eigenvalue weighted by Crippen LogP contribution is -2.39. The van der Waals surface area contributed by atoms with Crippen molar-refractivity contribution in [3.05, 3.63) is 29.8 Å². The smallest absolute Gasteiger partial charge is 0.401 e. The van der Waals surface area contributed by atoms with Gasteiger partial charge < -0.3 is 10.8 Å². The van der Waals surface area contributed by atoms with Gasteiger partial charge in [0, 0.05) is 5.56 Å². The molecule has 94 valence electrons. The first-order valence-electron chi connectivity index (χ1n) is 4.68. The van der Waals surface area contributed by atoms with Gasteiger partial charge in [-0.25, -0.2) is 0 Å². The lowest BCUT2D eigenvalue weighted by Gasteiger charge is -2.17. The van der Waals surface area contributed by atoms with E-state index < -0.39 is 24.7 Å². The fourth-order valence-corrected chi connectivity index (χ4v) is 1.31. The van der Waals surface area contributed by atoms with Crippen LogP contribution in [0.15, 0.2) is 24.3 Å². The number of para-hydroxylation sites is 1. The van der Waals surface area contributed by atoms with E-state index in [-0.39, 0.29) is 11.3 Å². The van der Waals surface area contributed by atoms with Crippen molar-refractivity contribution in [2.75, 3.05) is 6.54 Å². The molecule has 1 aromatic carbocycles. The third-order valence-electron chi connectivity index (χ3n) is 2.04. The molecule has 0 spiro atoms. The van der Waals surface area contributed by atoms with Gasteiger partial charge >= 0.3 is 6.18 Å². The van der Waals surface area contributed by atoms with Crippen LogP contribution in [0.5, 0.6) is 5.75 Å². The van der Waals surface area contributed by atoms with E-state index in [0.717, 1.165) is 0 Å². The Balaban J connectivity index is 2.88. The number of hydrogen-bond donors (Lipinski definition) is 3. The summed E-state index contributed by atoms with van der Waals surface area (Å²) in [6, 6.07) is 4.19. The summed E-state index contributed by atoms with van der Waals surface area (Å²) in [5.41, 5.74) is 5.00. The van der Waals surface area contributed by atoms with Crippen LogP contribution in [0, 0.1) is 0 Å². The molecule has 4 nitrogen and oxygen atoms in total. The Morgan fingerprint density at radius 1 is 1.41 bits per heavy atom. The lowest BCUT2D eigenvalue weighted by atomic mass is 10.1. The number of nitrogens with one attached hydrogen (secondary N) is 1. The predicted molar refractivity (Wildman–Crippen MR) is 54.1 cm³/mol. The van der Waals surface area contributed by atoms with Crippen LogP contribution in [-0.2, 0) is 4.79 Å². The number of benzene rings is 1. The molecule has 1 amide bonds. The third kappa shape index (κ3) is 3.95. The fourth-order valence-electron chi connectivity index (χ4n) is 1.31. The van der Waals surface area contributed by atoms with E-state index in [2.05, 4.69) is 0 Å². The lowest BCUT2D eigenvalue weighted by molar-refractivity contribution is -0.130. The summed E-state index contributed by atoms with van der Waals surface area (Å²) in [4.78, 5) is 11.1. The van der Waals surface area contributed by atoms with E-state index in [1.165, 1.54) is 24.3 Å². The number of phenolic OH excluding ortho intramolecular Hbond substituents is 1. The van der Waals surface area contributed by atoms with E-state index >= 15 is 0 Å². The third-order valence-corrected chi connectivity index (χ3v) is 2.04. The number of hydrogen-bond acceptors (Lipinski definition) is 3. The molecule has 17 heavy (non-hydrogen) atoms. The number of nitrogens with two attached hydrogens (primary N) is 1. The highest BCUT2D eigenvalue weighted by Crippen LogP contribution is 2.24. The number of rotatable bonds is 4. The Labute approximate surface area is 95.2 Å². The number of primary amides is 1. The minimum Gasteiger partial charge on any atom is -0.508 e. The molecule has 0 saturated carbocycles. The predicted octanol–water partition coefficient (Wildman–Crippen LogP) is 1.07. The minimum atomic E-state index is -4.46. The van der Waals surface area contributed by atoms with E-state index in [1.54, 1.807) is 0 Å². The Kier molecular flexibility index (Phi) is 3.95. The minimum absolute atomic E-state index is 0.0178. The zero-order valence-corrected chi connectivity index (χ0v) is 8.66. The quantitative estimate of drug-likeness (QED) is 0.746. The molecule has 1 aromatic rings. The van der Waals surface area contributed by atoms with Gasteiger partial charge in [-0.3, -0.25) is 10.1 Å². The van der Waals surface area contributed by atoms with E-state index in [0.29, 0.717) is 0 Å². The normalized spacial score (nSPS) is 13.4. The van der Waals surface area contributed by atoms with Gasteiger partial charge in [0.05, 0.1) is 6.54 Å². The first kappa shape index (κ1) is 13.3. The molecule has 1 atom stereocenters. The number of halogens is 3. The highest BCUT2D eigenvalue weighted by molar-refractivity contribution is 5.82. The van der Waals surface area contributed by atoms with E-state index in [9.17, 15) is 23.1 Å². The second kappa shape index (κ2) is 5.05. The first-order valence-corrected chi connectivity index (χ1v) is 4.68. The summed E-state index contributed by atoms with van der Waals surface area (Å²) in [5.74, 6) is -1.28. The molecular weight excluding hydrogens is 237 g/mol. The number of aromatic hydroxyl groups is 1. The van der Waals surface area contributed by atoms with Gasteiger partial charge in [-0.1, -0.05) is 18.2 Å². The van der Waals surface area contributed by atoms with Crippen molar-refractivity contribution in [1.82, 2.24) is 5.32 Å². The summed E-state index contributed by atoms with van der Waals surface area (Å²) in [6.07, 6.45) is -4.46. The average Bonchev–Trinajstić information content (AvgIpc) is 2.18. The molecule has 0 aliphatic rings. The van der Waals surface area contributed by atoms with Crippen molar-refractivity contribution >= 4 is 5.91 Å². The molecule has 1 rings (SSSR count). The Hall–Kier alpha value is -1.76. The zero-order chi connectivity index (χ0) is 13.1. The van der Waals surface area contributed by atoms with Crippen LogP contribution < -0.4 is 11.1 Å². The van der Waals surface area contributed by atoms with Crippen molar-refractivity contribution in [3.63, 3.8) is 0 Å². The van der Waals surface area contributed by atoms with Crippen LogP contribution in [0.25, 0.3) is 0 Å². The van der Waals surface area contributed by atoms with Crippen molar-refractivity contribution in [3.8, 4) is 5.75 Å². The summed E-state index contributed by atoms with van der Waals surface area (Å²) >= 11 is 0. The van der Waals surface area contributed by atoms with Crippen LogP contribution in [0.4, 0.5) is 13.2 Å². The molecule has 1 unspecified atom stereocenters. The monoisotopic (exact) mass is 248 g/mol. The van der Waals surface area contributed by atoms with E-state index in [1.807, 2.05) is 5.32 Å².